The number of nitrogens with one attached hydrogen (secondary N) is 1. The number of oxazole rings is 1. The average Bonchev–Trinajstić information content (AvgIpc) is 2.95. The Balaban J connectivity index is 1.74. The molecule has 8 heteroatoms. The lowest BCUT2D eigenvalue weighted by Crippen LogP contribution is -2.13. The van der Waals surface area contributed by atoms with E-state index in [1.165, 1.54) is 24.9 Å². The molecule has 0 aliphatic carbocycles. The maximum Gasteiger partial charge on any atom is 0.311 e. The maximum atomic E-state index is 11.6. The predicted octanol–water partition coefficient (Wildman–Crippen LogP) is 1.92. The first-order valence-corrected chi connectivity index (χ1v) is 7.77. The van der Waals surface area contributed by atoms with Crippen LogP contribution in [-0.4, -0.2) is 28.0 Å². The number of methoxy groups -OCH3 is 1. The van der Waals surface area contributed by atoms with Gasteiger partial charge in [0.2, 0.25) is 5.89 Å². The number of carbonyl (C=O) groups excluding carboxylic acids is 1. The zero-order valence-corrected chi connectivity index (χ0v) is 13.1. The van der Waals surface area contributed by atoms with Crippen molar-refractivity contribution < 1.29 is 13.9 Å². The molecule has 1 aromatic carbocycles. The number of esters is 1. The third kappa shape index (κ3) is 3.78. The molecule has 2 aromatic heterocycles. The van der Waals surface area contributed by atoms with E-state index in [4.69, 9.17) is 4.42 Å². The normalized spacial score (nSPS) is 10.8. The molecule has 0 spiro atoms. The van der Waals surface area contributed by atoms with E-state index in [0.29, 0.717) is 28.1 Å². The lowest BCUT2D eigenvalue weighted by Gasteiger charge is -2.02. The summed E-state index contributed by atoms with van der Waals surface area (Å²) in [6, 6.07) is 8.75. The molecule has 2 heterocycles. The lowest BCUT2D eigenvalue weighted by molar-refractivity contribution is -0.139. The third-order valence-corrected chi connectivity index (χ3v) is 3.85. The minimum absolute atomic E-state index is 0.0448. The van der Waals surface area contributed by atoms with Crippen LogP contribution in [0.1, 0.15) is 11.6 Å². The van der Waals surface area contributed by atoms with Crippen LogP contribution in [0.4, 0.5) is 0 Å². The van der Waals surface area contributed by atoms with E-state index in [0.717, 1.165) is 5.52 Å². The van der Waals surface area contributed by atoms with Crippen LogP contribution >= 0.6 is 11.8 Å². The van der Waals surface area contributed by atoms with E-state index in [9.17, 15) is 9.59 Å². The SMILES string of the molecule is COC(=O)Cc1cc(=O)[nH]c(SCc2nc3ccccc3o2)n1. The Morgan fingerprint density at radius 1 is 1.35 bits per heavy atom. The van der Waals surface area contributed by atoms with Crippen LogP contribution in [-0.2, 0) is 21.7 Å². The van der Waals surface area contributed by atoms with Gasteiger partial charge in [-0.2, -0.15) is 0 Å². The second-order valence-corrected chi connectivity index (χ2v) is 5.62. The zero-order chi connectivity index (χ0) is 16.2. The molecule has 1 N–H and O–H groups in total. The Labute approximate surface area is 135 Å². The second-order valence-electron chi connectivity index (χ2n) is 4.66. The Morgan fingerprint density at radius 2 is 2.17 bits per heavy atom. The number of hydrogen-bond donors (Lipinski definition) is 1. The van der Waals surface area contributed by atoms with Gasteiger partial charge in [-0.05, 0) is 12.1 Å². The monoisotopic (exact) mass is 331 g/mol. The van der Waals surface area contributed by atoms with Crippen molar-refractivity contribution >= 4 is 28.8 Å². The molecule has 0 saturated carbocycles. The van der Waals surface area contributed by atoms with Gasteiger partial charge in [-0.15, -0.1) is 0 Å². The molecule has 0 fully saturated rings. The van der Waals surface area contributed by atoms with Crippen molar-refractivity contribution in [2.75, 3.05) is 7.11 Å². The minimum atomic E-state index is -0.446. The number of thioether (sulfide) groups is 1. The lowest BCUT2D eigenvalue weighted by atomic mass is 10.3. The summed E-state index contributed by atoms with van der Waals surface area (Å²) < 4.78 is 10.2. The number of H-pyrrole nitrogens is 1. The third-order valence-electron chi connectivity index (χ3n) is 3.00. The van der Waals surface area contributed by atoms with Crippen molar-refractivity contribution in [1.82, 2.24) is 15.0 Å². The molecule has 3 aromatic rings. The molecule has 0 bridgehead atoms. The van der Waals surface area contributed by atoms with E-state index in [1.54, 1.807) is 0 Å². The molecule has 0 atom stereocenters. The van der Waals surface area contributed by atoms with E-state index >= 15 is 0 Å². The molecule has 23 heavy (non-hydrogen) atoms. The summed E-state index contributed by atoms with van der Waals surface area (Å²) in [5.41, 5.74) is 1.53. The highest BCUT2D eigenvalue weighted by atomic mass is 32.2. The fourth-order valence-electron chi connectivity index (χ4n) is 1.97. The highest BCUT2D eigenvalue weighted by Gasteiger charge is 2.10. The number of fused-ring (bicyclic) bond motifs is 1. The van der Waals surface area contributed by atoms with Crippen molar-refractivity contribution in [1.29, 1.82) is 0 Å². The van der Waals surface area contributed by atoms with Gasteiger partial charge >= 0.3 is 5.97 Å². The number of nitrogens with zero attached hydrogens (tertiary/aromatic N) is 2. The Kier molecular flexibility index (Phi) is 4.42. The number of rotatable bonds is 5. The first-order valence-electron chi connectivity index (χ1n) is 6.78. The summed E-state index contributed by atoms with van der Waals surface area (Å²) >= 11 is 1.28. The van der Waals surface area contributed by atoms with Crippen molar-refractivity contribution in [2.24, 2.45) is 0 Å². The van der Waals surface area contributed by atoms with Gasteiger partial charge in [-0.1, -0.05) is 23.9 Å². The van der Waals surface area contributed by atoms with Crippen LogP contribution in [0.15, 0.2) is 44.7 Å². The topological polar surface area (TPSA) is 98.1 Å². The number of para-hydroxylation sites is 2. The standard InChI is InChI=1S/C15H13N3O4S/c1-21-14(20)7-9-6-12(19)18-15(16-9)23-8-13-17-10-4-2-3-5-11(10)22-13/h2-6H,7-8H2,1H3,(H,16,18,19). The molecular formula is C15H13N3O4S. The molecule has 0 unspecified atom stereocenters. The van der Waals surface area contributed by atoms with Crippen molar-refractivity contribution in [2.45, 2.75) is 17.3 Å². The van der Waals surface area contributed by atoms with Gasteiger partial charge in [0, 0.05) is 6.07 Å². The fourth-order valence-corrected chi connectivity index (χ4v) is 2.71. The number of aromatic amines is 1. The first-order chi connectivity index (χ1) is 11.1. The van der Waals surface area contributed by atoms with Gasteiger partial charge < -0.3 is 14.1 Å². The van der Waals surface area contributed by atoms with Gasteiger partial charge in [0.25, 0.3) is 5.56 Å². The summed E-state index contributed by atoms with van der Waals surface area (Å²) in [6.07, 6.45) is -0.0448. The van der Waals surface area contributed by atoms with Crippen LogP contribution < -0.4 is 5.56 Å². The summed E-state index contributed by atoms with van der Waals surface area (Å²) in [5, 5.41) is 0.402. The summed E-state index contributed by atoms with van der Waals surface area (Å²) in [7, 11) is 1.29. The minimum Gasteiger partial charge on any atom is -0.469 e. The molecule has 0 amide bonds. The molecule has 7 nitrogen and oxygen atoms in total. The van der Waals surface area contributed by atoms with Crippen LogP contribution in [0.2, 0.25) is 0 Å². The largest absolute Gasteiger partial charge is 0.469 e. The zero-order valence-electron chi connectivity index (χ0n) is 12.2. The summed E-state index contributed by atoms with van der Waals surface area (Å²) in [5.74, 6) is 0.509. The average molecular weight is 331 g/mol. The predicted molar refractivity (Wildman–Crippen MR) is 84.1 cm³/mol. The van der Waals surface area contributed by atoms with Crippen LogP contribution in [0.5, 0.6) is 0 Å². The van der Waals surface area contributed by atoms with Crippen LogP contribution in [0.3, 0.4) is 0 Å². The molecule has 118 valence electrons. The molecule has 0 radical (unpaired) electrons. The number of carbonyl (C=O) groups is 1. The Hall–Kier alpha value is -2.61. The number of ether oxygens (including phenoxy) is 1. The second kappa shape index (κ2) is 6.66. The van der Waals surface area contributed by atoms with Crippen LogP contribution in [0.25, 0.3) is 11.1 Å². The molecule has 0 aliphatic heterocycles. The van der Waals surface area contributed by atoms with E-state index < -0.39 is 5.97 Å². The fraction of sp³-hybridized carbons (Fsp3) is 0.200. The number of hydrogen-bond acceptors (Lipinski definition) is 7. The quantitative estimate of drug-likeness (QED) is 0.433. The smallest absolute Gasteiger partial charge is 0.311 e. The maximum absolute atomic E-state index is 11.6. The van der Waals surface area contributed by atoms with Gasteiger partial charge in [0.05, 0.1) is 25.0 Å². The number of benzene rings is 1. The highest BCUT2D eigenvalue weighted by Crippen LogP contribution is 2.21. The van der Waals surface area contributed by atoms with Gasteiger partial charge in [-0.25, -0.2) is 9.97 Å². The molecular weight excluding hydrogens is 318 g/mol. The first kappa shape index (κ1) is 15.3. The van der Waals surface area contributed by atoms with Crippen molar-refractivity contribution in [3.63, 3.8) is 0 Å². The van der Waals surface area contributed by atoms with Gasteiger partial charge in [0.1, 0.15) is 5.52 Å². The Bertz CT molecular complexity index is 870. The highest BCUT2D eigenvalue weighted by molar-refractivity contribution is 7.98. The van der Waals surface area contributed by atoms with E-state index in [2.05, 4.69) is 19.7 Å². The Morgan fingerprint density at radius 3 is 2.96 bits per heavy atom. The van der Waals surface area contributed by atoms with E-state index in [1.807, 2.05) is 24.3 Å². The molecule has 3 rings (SSSR count). The molecule has 0 aliphatic rings. The van der Waals surface area contributed by atoms with Gasteiger partial charge in [0.15, 0.2) is 10.7 Å². The summed E-state index contributed by atoms with van der Waals surface area (Å²) in [4.78, 5) is 34.1. The molecule has 0 saturated heterocycles. The number of aromatic nitrogens is 3. The van der Waals surface area contributed by atoms with Crippen LogP contribution in [0, 0.1) is 0 Å². The van der Waals surface area contributed by atoms with E-state index in [-0.39, 0.29) is 12.0 Å². The van der Waals surface area contributed by atoms with Crippen molar-refractivity contribution in [3.05, 3.63) is 52.3 Å². The van der Waals surface area contributed by atoms with Crippen molar-refractivity contribution in [3.8, 4) is 0 Å². The van der Waals surface area contributed by atoms with Gasteiger partial charge in [-0.3, -0.25) is 9.59 Å². The summed E-state index contributed by atoms with van der Waals surface area (Å²) in [6.45, 7) is 0.